The van der Waals surface area contributed by atoms with Gasteiger partial charge in [-0.1, -0.05) is 39.7 Å². The summed E-state index contributed by atoms with van der Waals surface area (Å²) >= 11 is 3.49. The predicted octanol–water partition coefficient (Wildman–Crippen LogP) is 4.33. The standard InChI is InChI=1S/C15H13BrN2O/c1-11-5-7-12(8-6-11)19-15-13(10-16)18-9-3-2-4-14(18)17-15/h2-9H,10H2,1H3. The van der Waals surface area contributed by atoms with E-state index in [9.17, 15) is 0 Å². The molecule has 3 rings (SSSR count). The first-order valence-corrected chi connectivity index (χ1v) is 7.16. The average Bonchev–Trinajstić information content (AvgIpc) is 2.78. The molecule has 0 unspecified atom stereocenters. The Labute approximate surface area is 120 Å². The second-order valence-corrected chi connectivity index (χ2v) is 4.90. The van der Waals surface area contributed by atoms with Gasteiger partial charge in [-0.25, -0.2) is 0 Å². The van der Waals surface area contributed by atoms with Crippen LogP contribution in [0.1, 0.15) is 11.3 Å². The monoisotopic (exact) mass is 316 g/mol. The van der Waals surface area contributed by atoms with E-state index in [-0.39, 0.29) is 0 Å². The van der Waals surface area contributed by atoms with Crippen LogP contribution < -0.4 is 4.74 Å². The van der Waals surface area contributed by atoms with Gasteiger partial charge in [0.2, 0.25) is 5.88 Å². The highest BCUT2D eigenvalue weighted by molar-refractivity contribution is 9.08. The Morgan fingerprint density at radius 1 is 1.16 bits per heavy atom. The Hall–Kier alpha value is -1.81. The van der Waals surface area contributed by atoms with E-state index >= 15 is 0 Å². The third-order valence-corrected chi connectivity index (χ3v) is 3.49. The minimum absolute atomic E-state index is 0.645. The van der Waals surface area contributed by atoms with Crippen molar-refractivity contribution in [1.82, 2.24) is 9.38 Å². The van der Waals surface area contributed by atoms with Crippen LogP contribution in [-0.2, 0) is 5.33 Å². The van der Waals surface area contributed by atoms with Crippen LogP contribution in [0.5, 0.6) is 11.6 Å². The summed E-state index contributed by atoms with van der Waals surface area (Å²) in [5, 5.41) is 0.694. The predicted molar refractivity (Wildman–Crippen MR) is 79.1 cm³/mol. The second-order valence-electron chi connectivity index (χ2n) is 4.34. The summed E-state index contributed by atoms with van der Waals surface area (Å²) in [5.41, 5.74) is 3.11. The van der Waals surface area contributed by atoms with Crippen molar-refractivity contribution in [3.63, 3.8) is 0 Å². The van der Waals surface area contributed by atoms with Gasteiger partial charge in [-0.3, -0.25) is 4.40 Å². The van der Waals surface area contributed by atoms with E-state index in [2.05, 4.69) is 27.8 Å². The van der Waals surface area contributed by atoms with E-state index in [4.69, 9.17) is 4.74 Å². The molecule has 0 aliphatic heterocycles. The Morgan fingerprint density at radius 2 is 1.95 bits per heavy atom. The van der Waals surface area contributed by atoms with Crippen molar-refractivity contribution < 1.29 is 4.74 Å². The van der Waals surface area contributed by atoms with Gasteiger partial charge in [-0.15, -0.1) is 0 Å². The molecular formula is C15H13BrN2O. The van der Waals surface area contributed by atoms with Crippen LogP contribution in [-0.4, -0.2) is 9.38 Å². The third kappa shape index (κ3) is 2.36. The van der Waals surface area contributed by atoms with E-state index < -0.39 is 0 Å². The number of alkyl halides is 1. The van der Waals surface area contributed by atoms with Gasteiger partial charge in [0.05, 0.1) is 5.69 Å². The highest BCUT2D eigenvalue weighted by Gasteiger charge is 2.12. The maximum absolute atomic E-state index is 5.88. The summed E-state index contributed by atoms with van der Waals surface area (Å²) in [6.07, 6.45) is 1.99. The van der Waals surface area contributed by atoms with Crippen LogP contribution in [0, 0.1) is 6.92 Å². The largest absolute Gasteiger partial charge is 0.437 e. The van der Waals surface area contributed by atoms with Gasteiger partial charge >= 0.3 is 0 Å². The van der Waals surface area contributed by atoms with Crippen molar-refractivity contribution in [3.05, 3.63) is 59.9 Å². The highest BCUT2D eigenvalue weighted by Crippen LogP contribution is 2.27. The fourth-order valence-electron chi connectivity index (χ4n) is 1.95. The summed E-state index contributed by atoms with van der Waals surface area (Å²) in [4.78, 5) is 4.51. The number of rotatable bonds is 3. The SMILES string of the molecule is Cc1ccc(Oc2nc3ccccn3c2CBr)cc1. The fraction of sp³-hybridized carbons (Fsp3) is 0.133. The zero-order valence-electron chi connectivity index (χ0n) is 10.5. The minimum Gasteiger partial charge on any atom is -0.437 e. The molecule has 0 aliphatic carbocycles. The van der Waals surface area contributed by atoms with Gasteiger partial charge in [0, 0.05) is 11.5 Å². The minimum atomic E-state index is 0.645. The van der Waals surface area contributed by atoms with Crippen LogP contribution in [0.15, 0.2) is 48.7 Å². The molecule has 0 bridgehead atoms. The van der Waals surface area contributed by atoms with Crippen molar-refractivity contribution in [2.75, 3.05) is 0 Å². The molecule has 0 radical (unpaired) electrons. The van der Waals surface area contributed by atoms with Crippen LogP contribution in [0.4, 0.5) is 0 Å². The van der Waals surface area contributed by atoms with Gasteiger partial charge in [-0.05, 0) is 31.2 Å². The van der Waals surface area contributed by atoms with Gasteiger partial charge in [0.25, 0.3) is 0 Å². The lowest BCUT2D eigenvalue weighted by atomic mass is 10.2. The second kappa shape index (κ2) is 5.05. The summed E-state index contributed by atoms with van der Waals surface area (Å²) in [6.45, 7) is 2.05. The molecule has 19 heavy (non-hydrogen) atoms. The van der Waals surface area contributed by atoms with Crippen LogP contribution >= 0.6 is 15.9 Å². The molecule has 2 aromatic heterocycles. The van der Waals surface area contributed by atoms with E-state index in [0.717, 1.165) is 17.1 Å². The van der Waals surface area contributed by atoms with E-state index in [1.165, 1.54) is 5.56 Å². The first-order valence-electron chi connectivity index (χ1n) is 6.04. The summed E-state index contributed by atoms with van der Waals surface area (Å²) in [6, 6.07) is 13.9. The molecular weight excluding hydrogens is 304 g/mol. The van der Waals surface area contributed by atoms with Crippen molar-refractivity contribution in [2.24, 2.45) is 0 Å². The molecule has 0 N–H and O–H groups in total. The fourth-order valence-corrected chi connectivity index (χ4v) is 2.46. The molecule has 0 atom stereocenters. The Morgan fingerprint density at radius 3 is 2.68 bits per heavy atom. The molecule has 2 heterocycles. The van der Waals surface area contributed by atoms with Crippen LogP contribution in [0.3, 0.4) is 0 Å². The molecule has 96 valence electrons. The number of aryl methyl sites for hydroxylation is 1. The lowest BCUT2D eigenvalue weighted by Crippen LogP contribution is -1.91. The van der Waals surface area contributed by atoms with Crippen molar-refractivity contribution in [2.45, 2.75) is 12.3 Å². The van der Waals surface area contributed by atoms with Gasteiger partial charge in [-0.2, -0.15) is 4.98 Å². The van der Waals surface area contributed by atoms with Crippen molar-refractivity contribution in [1.29, 1.82) is 0 Å². The number of aromatic nitrogens is 2. The molecule has 1 aromatic carbocycles. The first kappa shape index (κ1) is 12.2. The molecule has 0 spiro atoms. The van der Waals surface area contributed by atoms with Gasteiger partial charge in [0.15, 0.2) is 0 Å². The Kier molecular flexibility index (Phi) is 3.25. The molecule has 3 nitrogen and oxygen atoms in total. The summed E-state index contributed by atoms with van der Waals surface area (Å²) in [5.74, 6) is 1.45. The number of imidazole rings is 1. The summed E-state index contributed by atoms with van der Waals surface area (Å²) in [7, 11) is 0. The number of halogens is 1. The molecule has 0 amide bonds. The van der Waals surface area contributed by atoms with Gasteiger partial charge in [0.1, 0.15) is 11.4 Å². The normalized spacial score (nSPS) is 10.8. The number of pyridine rings is 1. The average molecular weight is 317 g/mol. The first-order chi connectivity index (χ1) is 9.28. The lowest BCUT2D eigenvalue weighted by Gasteiger charge is -2.04. The Balaban J connectivity index is 2.02. The topological polar surface area (TPSA) is 26.5 Å². The Bertz CT molecular complexity index is 704. The highest BCUT2D eigenvalue weighted by atomic mass is 79.9. The lowest BCUT2D eigenvalue weighted by molar-refractivity contribution is 0.461. The van der Waals surface area contributed by atoms with Crippen molar-refractivity contribution >= 4 is 21.6 Å². The number of nitrogens with zero attached hydrogens (tertiary/aromatic N) is 2. The van der Waals surface area contributed by atoms with E-state index in [1.807, 2.05) is 53.1 Å². The zero-order chi connectivity index (χ0) is 13.2. The maximum atomic E-state index is 5.88. The number of fused-ring (bicyclic) bond motifs is 1. The van der Waals surface area contributed by atoms with E-state index in [0.29, 0.717) is 11.2 Å². The van der Waals surface area contributed by atoms with Crippen LogP contribution in [0.25, 0.3) is 5.65 Å². The molecule has 4 heteroatoms. The number of hydrogen-bond donors (Lipinski definition) is 0. The van der Waals surface area contributed by atoms with Crippen molar-refractivity contribution in [3.8, 4) is 11.6 Å². The quantitative estimate of drug-likeness (QED) is 0.672. The third-order valence-electron chi connectivity index (χ3n) is 2.95. The summed E-state index contributed by atoms with van der Waals surface area (Å²) < 4.78 is 7.90. The number of hydrogen-bond acceptors (Lipinski definition) is 2. The van der Waals surface area contributed by atoms with Crippen LogP contribution in [0.2, 0.25) is 0 Å². The van der Waals surface area contributed by atoms with Gasteiger partial charge < -0.3 is 4.74 Å². The maximum Gasteiger partial charge on any atom is 0.242 e. The smallest absolute Gasteiger partial charge is 0.242 e. The van der Waals surface area contributed by atoms with E-state index in [1.54, 1.807) is 0 Å². The molecule has 0 saturated heterocycles. The molecule has 0 fully saturated rings. The molecule has 0 saturated carbocycles. The molecule has 0 aliphatic rings. The number of ether oxygens (including phenoxy) is 1. The number of benzene rings is 1. The molecule has 3 aromatic rings. The zero-order valence-corrected chi connectivity index (χ0v) is 12.1.